The Balaban J connectivity index is 1.68. The van der Waals surface area contributed by atoms with Crippen LogP contribution in [0.3, 0.4) is 0 Å². The second-order valence-corrected chi connectivity index (χ2v) is 8.73. The van der Waals surface area contributed by atoms with Gasteiger partial charge in [-0.25, -0.2) is 9.82 Å². The fraction of sp³-hybridized carbons (Fsp3) is 0.192. The first-order chi connectivity index (χ1) is 18.3. The summed E-state index contributed by atoms with van der Waals surface area (Å²) < 4.78 is 36.4. The normalized spacial score (nSPS) is 10.7. The molecular weight excluding hydrogens is 585 g/mol. The zero-order chi connectivity index (χ0) is 27.7. The molecule has 0 radical (unpaired) electrons. The summed E-state index contributed by atoms with van der Waals surface area (Å²) in [6.45, 7) is 2.00. The van der Waals surface area contributed by atoms with Crippen LogP contribution in [0.4, 0.5) is 10.1 Å². The highest BCUT2D eigenvalue weighted by molar-refractivity contribution is 9.10. The highest BCUT2D eigenvalue weighted by Crippen LogP contribution is 2.37. The minimum Gasteiger partial charge on any atom is -0.497 e. The van der Waals surface area contributed by atoms with Crippen LogP contribution < -0.4 is 29.7 Å². The van der Waals surface area contributed by atoms with Crippen molar-refractivity contribution in [3.63, 3.8) is 0 Å². The summed E-state index contributed by atoms with van der Waals surface area (Å²) >= 11 is 9.50. The number of halogens is 3. The first-order valence-corrected chi connectivity index (χ1v) is 12.3. The fourth-order valence-electron chi connectivity index (χ4n) is 3.18. The summed E-state index contributed by atoms with van der Waals surface area (Å²) in [5.74, 6) is -0.893. The predicted octanol–water partition coefficient (Wildman–Crippen LogP) is 5.33. The Morgan fingerprint density at radius 1 is 1.05 bits per heavy atom. The van der Waals surface area contributed by atoms with Crippen molar-refractivity contribution >= 4 is 51.2 Å². The van der Waals surface area contributed by atoms with Gasteiger partial charge in [0.2, 0.25) is 0 Å². The van der Waals surface area contributed by atoms with Gasteiger partial charge in [0.05, 0.1) is 42.2 Å². The van der Waals surface area contributed by atoms with Crippen LogP contribution in [0.15, 0.2) is 58.1 Å². The highest BCUT2D eigenvalue weighted by atomic mass is 79.9. The van der Waals surface area contributed by atoms with Crippen molar-refractivity contribution in [2.75, 3.05) is 26.1 Å². The second-order valence-electron chi connectivity index (χ2n) is 7.47. The van der Waals surface area contributed by atoms with Gasteiger partial charge in [-0.2, -0.15) is 5.10 Å². The Hall–Kier alpha value is -3.83. The number of nitrogens with one attached hydrogen (secondary N) is 2. The van der Waals surface area contributed by atoms with Crippen molar-refractivity contribution < 1.29 is 32.9 Å². The predicted molar refractivity (Wildman–Crippen MR) is 145 cm³/mol. The van der Waals surface area contributed by atoms with Crippen molar-refractivity contribution in [1.29, 1.82) is 0 Å². The third-order valence-electron chi connectivity index (χ3n) is 5.00. The molecule has 0 bridgehead atoms. The van der Waals surface area contributed by atoms with E-state index in [0.29, 0.717) is 39.6 Å². The molecule has 2 amide bonds. The molecule has 0 atom stereocenters. The van der Waals surface area contributed by atoms with Gasteiger partial charge in [-0.05, 0) is 64.8 Å². The van der Waals surface area contributed by atoms with Gasteiger partial charge in [-0.15, -0.1) is 0 Å². The third kappa shape index (κ3) is 7.36. The lowest BCUT2D eigenvalue weighted by Gasteiger charge is -2.15. The van der Waals surface area contributed by atoms with Crippen LogP contribution in [0.5, 0.6) is 23.0 Å². The van der Waals surface area contributed by atoms with Gasteiger partial charge < -0.3 is 24.3 Å². The number of ether oxygens (including phenoxy) is 4. The monoisotopic (exact) mass is 607 g/mol. The quantitative estimate of drug-likeness (QED) is 0.183. The SMILES string of the molecule is CCOc1cc(C=NNC(=O)C(=O)Nc2ccc(OC)cc2OC)cc(Br)c1OCc1c(F)cccc1Cl. The molecule has 200 valence electrons. The largest absolute Gasteiger partial charge is 0.497 e. The molecular formula is C26H24BrClFN3O6. The zero-order valence-electron chi connectivity index (χ0n) is 20.6. The molecule has 9 nitrogen and oxygen atoms in total. The van der Waals surface area contributed by atoms with E-state index in [1.807, 2.05) is 0 Å². The lowest BCUT2D eigenvalue weighted by Crippen LogP contribution is -2.32. The van der Waals surface area contributed by atoms with Gasteiger partial charge >= 0.3 is 11.8 Å². The topological polar surface area (TPSA) is 107 Å². The Labute approximate surface area is 232 Å². The molecule has 0 fully saturated rings. The first-order valence-electron chi connectivity index (χ1n) is 11.2. The summed E-state index contributed by atoms with van der Waals surface area (Å²) in [5, 5.41) is 6.54. The van der Waals surface area contributed by atoms with Crippen LogP contribution in [0.1, 0.15) is 18.1 Å². The summed E-state index contributed by atoms with van der Waals surface area (Å²) in [5.41, 5.74) is 3.19. The molecule has 0 aliphatic heterocycles. The van der Waals surface area contributed by atoms with E-state index in [1.165, 1.54) is 32.6 Å². The summed E-state index contributed by atoms with van der Waals surface area (Å²) in [4.78, 5) is 24.5. The molecule has 0 aliphatic carbocycles. The number of hydrogen-bond donors (Lipinski definition) is 2. The zero-order valence-corrected chi connectivity index (χ0v) is 23.0. The van der Waals surface area contributed by atoms with Gasteiger partial charge in [-0.3, -0.25) is 9.59 Å². The fourth-order valence-corrected chi connectivity index (χ4v) is 3.97. The number of hydrogen-bond acceptors (Lipinski definition) is 7. The van der Waals surface area contributed by atoms with Gasteiger partial charge in [0.1, 0.15) is 23.9 Å². The van der Waals surface area contributed by atoms with E-state index in [2.05, 4.69) is 31.8 Å². The number of carbonyl (C=O) groups is 2. The van der Waals surface area contributed by atoms with Gasteiger partial charge in [0.25, 0.3) is 0 Å². The van der Waals surface area contributed by atoms with E-state index >= 15 is 0 Å². The van der Waals surface area contributed by atoms with E-state index in [1.54, 1.807) is 43.3 Å². The van der Waals surface area contributed by atoms with Crippen LogP contribution in [0, 0.1) is 5.82 Å². The van der Waals surface area contributed by atoms with Gasteiger partial charge in [0.15, 0.2) is 11.5 Å². The standard InChI is InChI=1S/C26H24BrClFN3O6/c1-4-37-23-11-15(10-18(27)24(23)38-14-17-19(28)6-5-7-20(17)29)13-30-32-26(34)25(33)31-21-9-8-16(35-2)12-22(21)36-3/h5-13H,4,14H2,1-3H3,(H,31,33)(H,32,34). The summed E-state index contributed by atoms with van der Waals surface area (Å²) in [6.07, 6.45) is 1.32. The van der Waals surface area contributed by atoms with E-state index in [9.17, 15) is 14.0 Å². The average molecular weight is 609 g/mol. The maximum absolute atomic E-state index is 14.1. The molecule has 0 saturated heterocycles. The van der Waals surface area contributed by atoms with Crippen molar-refractivity contribution in [2.24, 2.45) is 5.10 Å². The molecule has 2 N–H and O–H groups in total. The highest BCUT2D eigenvalue weighted by Gasteiger charge is 2.17. The number of methoxy groups -OCH3 is 2. The third-order valence-corrected chi connectivity index (χ3v) is 5.94. The van der Waals surface area contributed by atoms with Crippen LogP contribution in [-0.2, 0) is 16.2 Å². The molecule has 3 aromatic rings. The van der Waals surface area contributed by atoms with E-state index in [0.717, 1.165) is 0 Å². The average Bonchev–Trinajstić information content (AvgIpc) is 2.89. The molecule has 3 aromatic carbocycles. The first kappa shape index (κ1) is 28.7. The van der Waals surface area contributed by atoms with Gasteiger partial charge in [0, 0.05) is 11.6 Å². The number of amides is 2. The van der Waals surface area contributed by atoms with Crippen LogP contribution in [0.2, 0.25) is 5.02 Å². The number of rotatable bonds is 10. The minimum atomic E-state index is -0.995. The van der Waals surface area contributed by atoms with Crippen LogP contribution >= 0.6 is 27.5 Å². The molecule has 0 unspecified atom stereocenters. The van der Waals surface area contributed by atoms with Crippen molar-refractivity contribution in [3.8, 4) is 23.0 Å². The molecule has 12 heteroatoms. The number of anilines is 1. The number of nitrogens with zero attached hydrogens (tertiary/aromatic N) is 1. The molecule has 38 heavy (non-hydrogen) atoms. The van der Waals surface area contributed by atoms with Crippen LogP contribution in [-0.4, -0.2) is 38.9 Å². The second kappa shape index (κ2) is 13.6. The Bertz CT molecular complexity index is 1330. The minimum absolute atomic E-state index is 0.123. The van der Waals surface area contributed by atoms with E-state index in [-0.39, 0.29) is 22.9 Å². The number of benzene rings is 3. The molecule has 0 spiro atoms. The molecule has 0 heterocycles. The van der Waals surface area contributed by atoms with E-state index in [4.69, 9.17) is 30.5 Å². The molecule has 0 saturated carbocycles. The number of carbonyl (C=O) groups excluding carboxylic acids is 2. The van der Waals surface area contributed by atoms with Crippen molar-refractivity contribution in [2.45, 2.75) is 13.5 Å². The van der Waals surface area contributed by atoms with Crippen molar-refractivity contribution in [3.05, 3.63) is 75.0 Å². The Morgan fingerprint density at radius 2 is 1.84 bits per heavy atom. The lowest BCUT2D eigenvalue weighted by atomic mass is 10.2. The molecule has 0 aliphatic rings. The summed E-state index contributed by atoms with van der Waals surface area (Å²) in [7, 11) is 2.92. The Kier molecular flexibility index (Phi) is 10.3. The Morgan fingerprint density at radius 3 is 2.53 bits per heavy atom. The lowest BCUT2D eigenvalue weighted by molar-refractivity contribution is -0.136. The maximum Gasteiger partial charge on any atom is 0.329 e. The summed E-state index contributed by atoms with van der Waals surface area (Å²) in [6, 6.07) is 12.4. The van der Waals surface area contributed by atoms with Gasteiger partial charge in [-0.1, -0.05) is 17.7 Å². The number of hydrazone groups is 1. The van der Waals surface area contributed by atoms with Crippen LogP contribution in [0.25, 0.3) is 0 Å². The molecule has 3 rings (SSSR count). The van der Waals surface area contributed by atoms with Crippen molar-refractivity contribution in [1.82, 2.24) is 5.43 Å². The maximum atomic E-state index is 14.1. The molecule has 0 aromatic heterocycles. The smallest absolute Gasteiger partial charge is 0.329 e. The van der Waals surface area contributed by atoms with E-state index < -0.39 is 17.6 Å².